The highest BCUT2D eigenvalue weighted by Gasteiger charge is 2.38. The minimum Gasteiger partial charge on any atom is -0.496 e. The van der Waals surface area contributed by atoms with E-state index < -0.39 is 23.1 Å². The van der Waals surface area contributed by atoms with Crippen LogP contribution in [0.1, 0.15) is 70.2 Å². The van der Waals surface area contributed by atoms with Crippen LogP contribution in [-0.4, -0.2) is 49.2 Å². The van der Waals surface area contributed by atoms with Gasteiger partial charge in [0.2, 0.25) is 5.91 Å². The Kier molecular flexibility index (Phi) is 8.69. The third kappa shape index (κ3) is 7.61. The summed E-state index contributed by atoms with van der Waals surface area (Å²) >= 11 is 0. The van der Waals surface area contributed by atoms with E-state index in [0.29, 0.717) is 32.2 Å². The summed E-state index contributed by atoms with van der Waals surface area (Å²) in [4.78, 5) is 36.0. The molecule has 0 atom stereocenters. The minimum atomic E-state index is -0.845. The first-order valence-corrected chi connectivity index (χ1v) is 11.2. The molecule has 1 aromatic rings. The average molecular weight is 467 g/mol. The van der Waals surface area contributed by atoms with Gasteiger partial charge in [-0.25, -0.2) is 4.39 Å². The molecule has 3 N–H and O–H groups in total. The van der Waals surface area contributed by atoms with Crippen LogP contribution in [0.25, 0.3) is 0 Å². The molecule has 0 radical (unpaired) electrons. The summed E-state index contributed by atoms with van der Waals surface area (Å²) in [6, 6.07) is 2.37. The van der Waals surface area contributed by atoms with Gasteiger partial charge in [-0.3, -0.25) is 14.4 Å². The molecule has 0 spiro atoms. The smallest absolute Gasteiger partial charge is 0.309 e. The van der Waals surface area contributed by atoms with Gasteiger partial charge in [-0.05, 0) is 44.1 Å². The fourth-order valence-electron chi connectivity index (χ4n) is 3.55. The van der Waals surface area contributed by atoms with Crippen LogP contribution in [0.5, 0.6) is 11.5 Å². The molecule has 0 bridgehead atoms. The third-order valence-corrected chi connectivity index (χ3v) is 5.80. The van der Waals surface area contributed by atoms with Crippen molar-refractivity contribution in [1.29, 1.82) is 0 Å². The second kappa shape index (κ2) is 10.9. The molecule has 2 amide bonds. The van der Waals surface area contributed by atoms with Crippen molar-refractivity contribution in [2.24, 2.45) is 10.8 Å². The topological polar surface area (TPSA) is 114 Å². The number of carboxylic acid groups (broad SMARTS) is 1. The van der Waals surface area contributed by atoms with E-state index >= 15 is 0 Å². The zero-order valence-corrected chi connectivity index (χ0v) is 20.0. The van der Waals surface area contributed by atoms with E-state index in [2.05, 4.69) is 10.6 Å². The Hall–Kier alpha value is -2.84. The molecule has 0 saturated heterocycles. The predicted molar refractivity (Wildman–Crippen MR) is 121 cm³/mol. The second-order valence-corrected chi connectivity index (χ2v) is 10.0. The molecule has 0 unspecified atom stereocenters. The highest BCUT2D eigenvalue weighted by atomic mass is 19.1. The van der Waals surface area contributed by atoms with Gasteiger partial charge in [0.15, 0.2) is 11.6 Å². The number of nitrogens with one attached hydrogen (secondary N) is 2. The van der Waals surface area contributed by atoms with E-state index in [-0.39, 0.29) is 47.5 Å². The number of hydrogen-bond acceptors (Lipinski definition) is 5. The molecule has 9 heteroatoms. The Morgan fingerprint density at radius 3 is 2.33 bits per heavy atom. The first kappa shape index (κ1) is 26.4. The summed E-state index contributed by atoms with van der Waals surface area (Å²) in [6.07, 6.45) is 1.56. The predicted octanol–water partition coefficient (Wildman–Crippen LogP) is 3.53. The summed E-state index contributed by atoms with van der Waals surface area (Å²) in [5.74, 6) is -2.24. The number of carbonyl (C=O) groups excluding carboxylic acids is 2. The Bertz CT molecular complexity index is 872. The largest absolute Gasteiger partial charge is 0.496 e. The number of benzene rings is 1. The zero-order valence-electron chi connectivity index (χ0n) is 20.0. The van der Waals surface area contributed by atoms with Crippen LogP contribution in [0.3, 0.4) is 0 Å². The number of carbonyl (C=O) groups is 3. The molecule has 33 heavy (non-hydrogen) atoms. The molecule has 0 aromatic heterocycles. The first-order chi connectivity index (χ1) is 15.3. The maximum atomic E-state index is 14.6. The van der Waals surface area contributed by atoms with E-state index in [1.165, 1.54) is 13.2 Å². The lowest BCUT2D eigenvalue weighted by Crippen LogP contribution is -2.36. The van der Waals surface area contributed by atoms with E-state index in [0.717, 1.165) is 6.07 Å². The van der Waals surface area contributed by atoms with Crippen LogP contribution in [0.4, 0.5) is 4.39 Å². The molecule has 184 valence electrons. The number of amides is 2. The number of methoxy groups -OCH3 is 1. The Balaban J connectivity index is 2.00. The average Bonchev–Trinajstić information content (AvgIpc) is 2.74. The van der Waals surface area contributed by atoms with Crippen molar-refractivity contribution in [2.75, 3.05) is 20.2 Å². The maximum Gasteiger partial charge on any atom is 0.309 e. The number of hydrogen-bond donors (Lipinski definition) is 3. The first-order valence-electron chi connectivity index (χ1n) is 11.2. The zero-order chi connectivity index (χ0) is 24.8. The summed E-state index contributed by atoms with van der Waals surface area (Å²) in [5.41, 5.74) is -0.751. The summed E-state index contributed by atoms with van der Waals surface area (Å²) in [6.45, 7) is 8.36. The fourth-order valence-corrected chi connectivity index (χ4v) is 3.55. The Morgan fingerprint density at radius 2 is 1.79 bits per heavy atom. The number of aliphatic carboxylic acids is 1. The SMILES string of the molecule is COc1cc(F)c(OC2CCC(C)(C(=O)O)CC2)cc1C(=O)NCCC(=O)NCC(C)(C)C. The minimum absolute atomic E-state index is 0.0403. The van der Waals surface area contributed by atoms with Gasteiger partial charge in [-0.1, -0.05) is 20.8 Å². The van der Waals surface area contributed by atoms with Crippen molar-refractivity contribution in [3.8, 4) is 11.5 Å². The molecule has 1 aliphatic carbocycles. The monoisotopic (exact) mass is 466 g/mol. The summed E-state index contributed by atoms with van der Waals surface area (Å²) < 4.78 is 25.5. The highest BCUT2D eigenvalue weighted by Crippen LogP contribution is 2.38. The van der Waals surface area contributed by atoms with Crippen LogP contribution in [-0.2, 0) is 9.59 Å². The number of carboxylic acids is 1. The van der Waals surface area contributed by atoms with Crippen molar-refractivity contribution in [3.63, 3.8) is 0 Å². The van der Waals surface area contributed by atoms with Gasteiger partial charge in [0, 0.05) is 25.6 Å². The van der Waals surface area contributed by atoms with Crippen LogP contribution < -0.4 is 20.1 Å². The molecule has 1 saturated carbocycles. The van der Waals surface area contributed by atoms with Crippen molar-refractivity contribution in [1.82, 2.24) is 10.6 Å². The maximum absolute atomic E-state index is 14.6. The molecule has 0 aliphatic heterocycles. The van der Waals surface area contributed by atoms with Crippen LogP contribution in [0.15, 0.2) is 12.1 Å². The fraction of sp³-hybridized carbons (Fsp3) is 0.625. The van der Waals surface area contributed by atoms with Crippen LogP contribution in [0.2, 0.25) is 0 Å². The number of ether oxygens (including phenoxy) is 2. The highest BCUT2D eigenvalue weighted by molar-refractivity contribution is 5.97. The van der Waals surface area contributed by atoms with Gasteiger partial charge in [-0.2, -0.15) is 0 Å². The third-order valence-electron chi connectivity index (χ3n) is 5.80. The molecular weight excluding hydrogens is 431 g/mol. The van der Waals surface area contributed by atoms with Gasteiger partial charge in [0.25, 0.3) is 5.91 Å². The van der Waals surface area contributed by atoms with Crippen LogP contribution in [0, 0.1) is 16.6 Å². The molecule has 2 rings (SSSR count). The van der Waals surface area contributed by atoms with Gasteiger partial charge < -0.3 is 25.2 Å². The normalized spacial score (nSPS) is 20.6. The van der Waals surface area contributed by atoms with E-state index in [4.69, 9.17) is 9.47 Å². The second-order valence-electron chi connectivity index (χ2n) is 10.0. The lowest BCUT2D eigenvalue weighted by Gasteiger charge is -2.34. The van der Waals surface area contributed by atoms with Gasteiger partial charge in [0.05, 0.1) is 24.2 Å². The van der Waals surface area contributed by atoms with E-state index in [1.54, 1.807) is 6.92 Å². The van der Waals surface area contributed by atoms with Crippen molar-refractivity contribution in [2.45, 2.75) is 65.9 Å². The van der Waals surface area contributed by atoms with Gasteiger partial charge in [-0.15, -0.1) is 0 Å². The van der Waals surface area contributed by atoms with Crippen molar-refractivity contribution >= 4 is 17.8 Å². The lowest BCUT2D eigenvalue weighted by molar-refractivity contribution is -0.150. The van der Waals surface area contributed by atoms with Gasteiger partial charge >= 0.3 is 5.97 Å². The molecule has 8 nitrogen and oxygen atoms in total. The summed E-state index contributed by atoms with van der Waals surface area (Å²) in [5, 5.41) is 14.8. The quantitative estimate of drug-likeness (QED) is 0.513. The molecule has 1 aromatic carbocycles. The van der Waals surface area contributed by atoms with Crippen molar-refractivity contribution < 1.29 is 33.4 Å². The van der Waals surface area contributed by atoms with Crippen LogP contribution >= 0.6 is 0 Å². The molecule has 1 fully saturated rings. The molecular formula is C24H35FN2O6. The van der Waals surface area contributed by atoms with Crippen molar-refractivity contribution in [3.05, 3.63) is 23.5 Å². The van der Waals surface area contributed by atoms with E-state index in [1.807, 2.05) is 20.8 Å². The number of halogens is 1. The van der Waals surface area contributed by atoms with Gasteiger partial charge in [0.1, 0.15) is 5.75 Å². The summed E-state index contributed by atoms with van der Waals surface area (Å²) in [7, 11) is 1.33. The molecule has 0 heterocycles. The lowest BCUT2D eigenvalue weighted by atomic mass is 9.75. The molecule has 1 aliphatic rings. The Labute approximate surface area is 194 Å². The standard InChI is InChI=1S/C24H35FN2O6/c1-23(2,3)14-27-20(28)8-11-26-21(29)16-12-19(17(25)13-18(16)32-5)33-15-6-9-24(4,10-7-15)22(30)31/h12-13,15H,6-11,14H2,1-5H3,(H,26,29)(H,27,28)(H,30,31). The number of rotatable bonds is 9. The van der Waals surface area contributed by atoms with E-state index in [9.17, 15) is 23.9 Å². The Morgan fingerprint density at radius 1 is 1.15 bits per heavy atom.